The van der Waals surface area contributed by atoms with Crippen LogP contribution in [0.4, 0.5) is 13.2 Å². The first-order valence-corrected chi connectivity index (χ1v) is 10.7. The minimum absolute atomic E-state index is 0.0643. The van der Waals surface area contributed by atoms with Crippen molar-refractivity contribution in [2.24, 2.45) is 0 Å². The van der Waals surface area contributed by atoms with Crippen molar-refractivity contribution in [3.63, 3.8) is 0 Å². The number of fused-ring (bicyclic) bond motifs is 1. The molecule has 0 saturated heterocycles. The zero-order chi connectivity index (χ0) is 23.8. The molecule has 0 saturated carbocycles. The third-order valence-electron chi connectivity index (χ3n) is 4.97. The van der Waals surface area contributed by atoms with Crippen LogP contribution in [-0.4, -0.2) is 41.3 Å². The first-order chi connectivity index (χ1) is 16.4. The third kappa shape index (κ3) is 4.10. The largest absolute Gasteiger partial charge is 0.358 e. The van der Waals surface area contributed by atoms with E-state index in [1.54, 1.807) is 29.0 Å². The molecule has 170 valence electrons. The minimum atomic E-state index is -1.31. The molecule has 8 nitrogen and oxygen atoms in total. The van der Waals surface area contributed by atoms with Gasteiger partial charge in [-0.25, -0.2) is 22.7 Å². The second-order valence-corrected chi connectivity index (χ2v) is 8.31. The summed E-state index contributed by atoms with van der Waals surface area (Å²) in [7, 11) is 0. The number of H-pyrrole nitrogens is 1. The monoisotopic (exact) mass is 482 g/mol. The number of aromatic nitrogens is 6. The Morgan fingerprint density at radius 1 is 1.06 bits per heavy atom. The van der Waals surface area contributed by atoms with Crippen molar-refractivity contribution in [3.8, 4) is 10.7 Å². The lowest BCUT2D eigenvalue weighted by molar-refractivity contribution is 0.0978. The number of hydrogen-bond acceptors (Lipinski definition) is 7. The molecule has 5 rings (SSSR count). The van der Waals surface area contributed by atoms with Gasteiger partial charge >= 0.3 is 0 Å². The van der Waals surface area contributed by atoms with E-state index in [4.69, 9.17) is 0 Å². The SMILES string of the molecule is O=C(CCc1nnc(-c2cc3ncccn3n2)s1)c1cc(C(=O)c2c(F)cc(F)cc2F)c[nH]1. The number of rotatable bonds is 7. The number of nitrogens with one attached hydrogen (secondary N) is 1. The zero-order valence-corrected chi connectivity index (χ0v) is 17.9. The first kappa shape index (κ1) is 21.6. The van der Waals surface area contributed by atoms with E-state index in [-0.39, 0.29) is 23.5 Å². The highest BCUT2D eigenvalue weighted by atomic mass is 32.1. The molecule has 1 N–H and O–H groups in total. The summed E-state index contributed by atoms with van der Waals surface area (Å²) in [6, 6.07) is 5.59. The van der Waals surface area contributed by atoms with Crippen molar-refractivity contribution in [1.29, 1.82) is 0 Å². The number of ketones is 2. The van der Waals surface area contributed by atoms with Gasteiger partial charge in [-0.05, 0) is 12.1 Å². The summed E-state index contributed by atoms with van der Waals surface area (Å²) in [5, 5.41) is 13.8. The molecule has 0 bridgehead atoms. The van der Waals surface area contributed by atoms with Crippen LogP contribution >= 0.6 is 11.3 Å². The van der Waals surface area contributed by atoms with E-state index in [1.807, 2.05) is 0 Å². The van der Waals surface area contributed by atoms with Crippen LogP contribution in [0.1, 0.15) is 37.8 Å². The number of Topliss-reactive ketones (excluding diaryl/α,β-unsaturated/α-hetero) is 1. The molecule has 1 aromatic carbocycles. The lowest BCUT2D eigenvalue weighted by Gasteiger charge is -2.02. The van der Waals surface area contributed by atoms with Crippen LogP contribution in [0.5, 0.6) is 0 Å². The Morgan fingerprint density at radius 2 is 1.85 bits per heavy atom. The van der Waals surface area contributed by atoms with Gasteiger partial charge in [-0.15, -0.1) is 10.2 Å². The Morgan fingerprint density at radius 3 is 2.62 bits per heavy atom. The average Bonchev–Trinajstić information content (AvgIpc) is 3.55. The van der Waals surface area contributed by atoms with Crippen LogP contribution in [0.2, 0.25) is 0 Å². The fraction of sp³-hybridized carbons (Fsp3) is 0.0909. The van der Waals surface area contributed by atoms with Crippen molar-refractivity contribution >= 4 is 28.6 Å². The lowest BCUT2D eigenvalue weighted by atomic mass is 10.0. The van der Waals surface area contributed by atoms with Crippen molar-refractivity contribution < 1.29 is 22.8 Å². The Labute approximate surface area is 193 Å². The molecule has 4 heterocycles. The van der Waals surface area contributed by atoms with Crippen molar-refractivity contribution in [3.05, 3.63) is 88.2 Å². The highest BCUT2D eigenvalue weighted by Gasteiger charge is 2.22. The Balaban J connectivity index is 1.26. The van der Waals surface area contributed by atoms with Gasteiger partial charge < -0.3 is 4.98 Å². The van der Waals surface area contributed by atoms with Gasteiger partial charge in [-0.1, -0.05) is 11.3 Å². The van der Waals surface area contributed by atoms with Gasteiger partial charge in [0.05, 0.1) is 11.3 Å². The molecule has 0 aliphatic heterocycles. The molecule has 0 amide bonds. The quantitative estimate of drug-likeness (QED) is 0.351. The van der Waals surface area contributed by atoms with Crippen LogP contribution in [0, 0.1) is 17.5 Å². The molecule has 4 aromatic heterocycles. The summed E-state index contributed by atoms with van der Waals surface area (Å²) in [5.74, 6) is -5.09. The number of halogens is 3. The Bertz CT molecular complexity index is 1500. The molecule has 0 unspecified atom stereocenters. The standard InChI is InChI=1S/C22H13F3N6O2S/c23-12-7-13(24)20(14(25)8-12)21(33)11-6-15(27-10-11)17(32)2-3-19-28-29-22(34-19)16-9-18-26-4-1-5-31(18)30-16/h1,4-10,27H,2-3H2. The summed E-state index contributed by atoms with van der Waals surface area (Å²) < 4.78 is 42.5. The number of nitrogens with zero attached hydrogens (tertiary/aromatic N) is 5. The van der Waals surface area contributed by atoms with Crippen molar-refractivity contribution in [2.75, 3.05) is 0 Å². The number of carbonyl (C=O) groups is 2. The fourth-order valence-corrected chi connectivity index (χ4v) is 4.13. The molecule has 5 aromatic rings. The van der Waals surface area contributed by atoms with Gasteiger partial charge in [-0.2, -0.15) is 5.10 Å². The first-order valence-electron chi connectivity index (χ1n) is 9.93. The van der Waals surface area contributed by atoms with E-state index in [0.717, 1.165) is 0 Å². The highest BCUT2D eigenvalue weighted by molar-refractivity contribution is 7.14. The second kappa shape index (κ2) is 8.63. The normalized spacial score (nSPS) is 11.3. The van der Waals surface area contributed by atoms with Gasteiger partial charge in [0.1, 0.15) is 28.2 Å². The minimum Gasteiger partial charge on any atom is -0.358 e. The van der Waals surface area contributed by atoms with E-state index in [0.29, 0.717) is 39.9 Å². The molecule has 0 aliphatic rings. The van der Waals surface area contributed by atoms with E-state index < -0.39 is 28.8 Å². The topological polar surface area (TPSA) is 106 Å². The molecule has 34 heavy (non-hydrogen) atoms. The Kier molecular flexibility index (Phi) is 5.49. The van der Waals surface area contributed by atoms with Gasteiger partial charge in [0, 0.05) is 55.2 Å². The number of aromatic amines is 1. The number of hydrogen-bond donors (Lipinski definition) is 1. The smallest absolute Gasteiger partial charge is 0.200 e. The van der Waals surface area contributed by atoms with E-state index in [1.165, 1.54) is 23.6 Å². The predicted molar refractivity (Wildman–Crippen MR) is 115 cm³/mol. The van der Waals surface area contributed by atoms with Gasteiger partial charge in [0.15, 0.2) is 22.2 Å². The molecule has 12 heteroatoms. The molecule has 0 fully saturated rings. The van der Waals surface area contributed by atoms with Gasteiger partial charge in [0.25, 0.3) is 0 Å². The predicted octanol–water partition coefficient (Wildman–Crippen LogP) is 4.04. The molecule has 0 aliphatic carbocycles. The Hall–Kier alpha value is -4.19. The maximum atomic E-state index is 13.9. The van der Waals surface area contributed by atoms with Crippen LogP contribution in [0.3, 0.4) is 0 Å². The second-order valence-electron chi connectivity index (χ2n) is 7.25. The van der Waals surface area contributed by atoms with Gasteiger partial charge in [-0.3, -0.25) is 9.59 Å². The number of benzene rings is 1. The molecular weight excluding hydrogens is 469 g/mol. The zero-order valence-electron chi connectivity index (χ0n) is 17.1. The average molecular weight is 482 g/mol. The summed E-state index contributed by atoms with van der Waals surface area (Å²) in [5.41, 5.74) is 0.375. The van der Waals surface area contributed by atoms with Crippen LogP contribution in [-0.2, 0) is 6.42 Å². The number of carbonyl (C=O) groups excluding carboxylic acids is 2. The molecule has 0 spiro atoms. The van der Waals surface area contributed by atoms with Crippen LogP contribution < -0.4 is 0 Å². The summed E-state index contributed by atoms with van der Waals surface area (Å²) in [6.07, 6.45) is 4.96. The highest BCUT2D eigenvalue weighted by Crippen LogP contribution is 2.24. The van der Waals surface area contributed by atoms with E-state index in [9.17, 15) is 22.8 Å². The van der Waals surface area contributed by atoms with E-state index >= 15 is 0 Å². The third-order valence-corrected chi connectivity index (χ3v) is 5.97. The van der Waals surface area contributed by atoms with Gasteiger partial charge in [0.2, 0.25) is 0 Å². The number of aryl methyl sites for hydroxylation is 1. The lowest BCUT2D eigenvalue weighted by Crippen LogP contribution is -2.07. The summed E-state index contributed by atoms with van der Waals surface area (Å²) >= 11 is 1.29. The fourth-order valence-electron chi connectivity index (χ4n) is 3.34. The van der Waals surface area contributed by atoms with Crippen molar-refractivity contribution in [2.45, 2.75) is 12.8 Å². The summed E-state index contributed by atoms with van der Waals surface area (Å²) in [6.45, 7) is 0. The van der Waals surface area contributed by atoms with Crippen molar-refractivity contribution in [1.82, 2.24) is 29.8 Å². The molecular formula is C22H13F3N6O2S. The maximum Gasteiger partial charge on any atom is 0.200 e. The van der Waals surface area contributed by atoms with Crippen LogP contribution in [0.15, 0.2) is 48.9 Å². The van der Waals surface area contributed by atoms with E-state index in [2.05, 4.69) is 25.3 Å². The van der Waals surface area contributed by atoms with Crippen LogP contribution in [0.25, 0.3) is 16.3 Å². The molecule has 0 atom stereocenters. The molecule has 0 radical (unpaired) electrons. The summed E-state index contributed by atoms with van der Waals surface area (Å²) in [4.78, 5) is 31.9. The maximum absolute atomic E-state index is 13.9.